The number of thioether (sulfide) groups is 1. The first-order chi connectivity index (χ1) is 13.0. The number of amides is 1. The third kappa shape index (κ3) is 4.29. The van der Waals surface area contributed by atoms with Gasteiger partial charge in [-0.25, -0.2) is 9.78 Å². The highest BCUT2D eigenvalue weighted by Crippen LogP contribution is 2.25. The van der Waals surface area contributed by atoms with E-state index in [0.717, 1.165) is 23.1 Å². The van der Waals surface area contributed by atoms with Crippen LogP contribution in [0.3, 0.4) is 0 Å². The second-order valence-electron chi connectivity index (χ2n) is 5.27. The summed E-state index contributed by atoms with van der Waals surface area (Å²) in [7, 11) is 0. The number of H-pyrrole nitrogens is 1. The minimum Gasteiger partial charge on any atom is -0.492 e. The largest absolute Gasteiger partial charge is 0.492 e. The maximum Gasteiger partial charge on any atom is 0.337 e. The van der Waals surface area contributed by atoms with Crippen molar-refractivity contribution in [2.24, 2.45) is 0 Å². The number of nitrogens with one attached hydrogen (secondary N) is 2. The van der Waals surface area contributed by atoms with Gasteiger partial charge in [-0.05, 0) is 19.1 Å². The summed E-state index contributed by atoms with van der Waals surface area (Å²) >= 11 is 2.13. The predicted molar refractivity (Wildman–Crippen MR) is 104 cm³/mol. The topological polar surface area (TPSA) is 121 Å². The van der Waals surface area contributed by atoms with E-state index in [1.165, 1.54) is 5.38 Å². The molecule has 8 nitrogen and oxygen atoms in total. The number of benzene rings is 1. The first-order valence-electron chi connectivity index (χ1n) is 7.89. The first kappa shape index (κ1) is 18.9. The summed E-state index contributed by atoms with van der Waals surface area (Å²) in [5.74, 6) is -0.869. The van der Waals surface area contributed by atoms with Crippen molar-refractivity contribution in [2.45, 2.75) is 12.1 Å². The summed E-state index contributed by atoms with van der Waals surface area (Å²) < 4.78 is 5.46. The van der Waals surface area contributed by atoms with E-state index in [0.29, 0.717) is 22.9 Å². The monoisotopic (exact) mass is 405 g/mol. The molecular formula is C17H15N3O5S2. The Morgan fingerprint density at radius 1 is 1.37 bits per heavy atom. The van der Waals surface area contributed by atoms with Crippen LogP contribution in [0.2, 0.25) is 0 Å². The zero-order valence-electron chi connectivity index (χ0n) is 14.1. The van der Waals surface area contributed by atoms with Crippen LogP contribution in [0.15, 0.2) is 39.6 Å². The second kappa shape index (κ2) is 8.23. The van der Waals surface area contributed by atoms with Crippen LogP contribution in [0.25, 0.3) is 10.2 Å². The van der Waals surface area contributed by atoms with Gasteiger partial charge in [0.1, 0.15) is 10.6 Å². The summed E-state index contributed by atoms with van der Waals surface area (Å²) in [6, 6.07) is 7.09. The van der Waals surface area contributed by atoms with Crippen LogP contribution in [0.1, 0.15) is 17.3 Å². The van der Waals surface area contributed by atoms with Gasteiger partial charge in [0.2, 0.25) is 5.91 Å². The molecule has 1 aromatic carbocycles. The zero-order valence-corrected chi connectivity index (χ0v) is 15.8. The number of carbonyl (C=O) groups is 2. The van der Waals surface area contributed by atoms with E-state index in [2.05, 4.69) is 15.3 Å². The number of aromatic carboxylic acids is 1. The average molecular weight is 405 g/mol. The quantitative estimate of drug-likeness (QED) is 0.408. The van der Waals surface area contributed by atoms with E-state index in [1.54, 1.807) is 18.2 Å². The fourth-order valence-corrected chi connectivity index (χ4v) is 3.96. The summed E-state index contributed by atoms with van der Waals surface area (Å²) in [5, 5.41) is 13.5. The van der Waals surface area contributed by atoms with E-state index in [4.69, 9.17) is 9.84 Å². The molecule has 140 valence electrons. The lowest BCUT2D eigenvalue weighted by molar-refractivity contribution is -0.113. The average Bonchev–Trinajstić information content (AvgIpc) is 3.07. The lowest BCUT2D eigenvalue weighted by Crippen LogP contribution is -2.16. The second-order valence-corrected chi connectivity index (χ2v) is 7.09. The van der Waals surface area contributed by atoms with Gasteiger partial charge in [0.25, 0.3) is 5.56 Å². The van der Waals surface area contributed by atoms with Gasteiger partial charge in [0.15, 0.2) is 5.16 Å². The number of carbonyl (C=O) groups excluding carboxylic acids is 1. The molecule has 10 heteroatoms. The van der Waals surface area contributed by atoms with E-state index in [1.807, 2.05) is 13.0 Å². The number of carboxylic acid groups (broad SMARTS) is 1. The number of ether oxygens (including phenoxy) is 1. The van der Waals surface area contributed by atoms with Crippen LogP contribution in [-0.4, -0.2) is 39.3 Å². The van der Waals surface area contributed by atoms with Crippen LogP contribution in [0.4, 0.5) is 5.69 Å². The first-order valence-corrected chi connectivity index (χ1v) is 9.75. The van der Waals surface area contributed by atoms with Crippen molar-refractivity contribution in [3.05, 3.63) is 45.6 Å². The summed E-state index contributed by atoms with van der Waals surface area (Å²) in [6.07, 6.45) is 0. The highest BCUT2D eigenvalue weighted by Gasteiger charge is 2.17. The van der Waals surface area contributed by atoms with Crippen LogP contribution >= 0.6 is 23.1 Å². The SMILES string of the molecule is CCOc1ccccc1NC(=O)CSc1nc2scc(C(=O)O)c2c(=O)[nH]1. The number of aromatic amines is 1. The van der Waals surface area contributed by atoms with Gasteiger partial charge in [-0.3, -0.25) is 9.59 Å². The maximum absolute atomic E-state index is 12.2. The number of nitrogens with zero attached hydrogens (tertiary/aromatic N) is 1. The lowest BCUT2D eigenvalue weighted by Gasteiger charge is -2.10. The predicted octanol–water partition coefficient (Wildman–Crippen LogP) is 2.81. The fraction of sp³-hybridized carbons (Fsp3) is 0.176. The molecule has 1 amide bonds. The fourth-order valence-electron chi connectivity index (χ4n) is 2.33. The molecular weight excluding hydrogens is 390 g/mol. The highest BCUT2D eigenvalue weighted by molar-refractivity contribution is 7.99. The Morgan fingerprint density at radius 2 is 2.15 bits per heavy atom. The standard InChI is InChI=1S/C17H15N3O5S2/c1-2-25-11-6-4-3-5-10(11)18-12(21)8-27-17-19-14(22)13-9(16(23)24)7-26-15(13)20-17/h3-7H,2,8H2,1H3,(H,18,21)(H,23,24)(H,19,20,22). The molecule has 0 saturated heterocycles. The molecule has 2 heterocycles. The van der Waals surface area contributed by atoms with E-state index in [9.17, 15) is 14.4 Å². The molecule has 2 aromatic heterocycles. The summed E-state index contributed by atoms with van der Waals surface area (Å²) in [6.45, 7) is 2.33. The minimum atomic E-state index is -1.18. The molecule has 0 fully saturated rings. The molecule has 3 N–H and O–H groups in total. The third-order valence-electron chi connectivity index (χ3n) is 3.45. The molecule has 0 aliphatic heterocycles. The van der Waals surface area contributed by atoms with Gasteiger partial charge < -0.3 is 20.1 Å². The Hall–Kier alpha value is -2.85. The number of anilines is 1. The molecule has 0 aliphatic carbocycles. The number of hydrogen-bond donors (Lipinski definition) is 3. The van der Waals surface area contributed by atoms with Gasteiger partial charge in [0.05, 0.1) is 29.0 Å². The van der Waals surface area contributed by atoms with Gasteiger partial charge in [-0.1, -0.05) is 23.9 Å². The van der Waals surface area contributed by atoms with Crippen LogP contribution in [0.5, 0.6) is 5.75 Å². The smallest absolute Gasteiger partial charge is 0.337 e. The zero-order chi connectivity index (χ0) is 19.4. The Balaban J connectivity index is 1.71. The number of thiophene rings is 1. The van der Waals surface area contributed by atoms with Crippen molar-refractivity contribution < 1.29 is 19.4 Å². The molecule has 3 rings (SSSR count). The van der Waals surface area contributed by atoms with Crippen LogP contribution < -0.4 is 15.6 Å². The number of rotatable bonds is 7. The molecule has 27 heavy (non-hydrogen) atoms. The Bertz CT molecular complexity index is 1060. The van der Waals surface area contributed by atoms with E-state index in [-0.39, 0.29) is 27.8 Å². The van der Waals surface area contributed by atoms with Crippen LogP contribution in [-0.2, 0) is 4.79 Å². The molecule has 0 radical (unpaired) electrons. The normalized spacial score (nSPS) is 10.7. The number of fused-ring (bicyclic) bond motifs is 1. The lowest BCUT2D eigenvalue weighted by atomic mass is 10.2. The van der Waals surface area contributed by atoms with Crippen LogP contribution in [0, 0.1) is 0 Å². The van der Waals surface area contributed by atoms with Crippen molar-refractivity contribution in [1.82, 2.24) is 9.97 Å². The molecule has 0 saturated carbocycles. The number of hydrogen-bond acceptors (Lipinski definition) is 7. The molecule has 0 atom stereocenters. The van der Waals surface area contributed by atoms with Crippen molar-refractivity contribution in [3.63, 3.8) is 0 Å². The highest BCUT2D eigenvalue weighted by atomic mass is 32.2. The van der Waals surface area contributed by atoms with Crippen molar-refractivity contribution in [1.29, 1.82) is 0 Å². The van der Waals surface area contributed by atoms with Crippen molar-refractivity contribution in [2.75, 3.05) is 17.7 Å². The molecule has 3 aromatic rings. The van der Waals surface area contributed by atoms with Gasteiger partial charge >= 0.3 is 5.97 Å². The third-order valence-corrected chi connectivity index (χ3v) is 5.20. The van der Waals surface area contributed by atoms with Gasteiger partial charge in [-0.2, -0.15) is 0 Å². The minimum absolute atomic E-state index is 0.0199. The number of carboxylic acids is 1. The van der Waals surface area contributed by atoms with Gasteiger partial charge in [0, 0.05) is 5.38 Å². The Morgan fingerprint density at radius 3 is 2.89 bits per heavy atom. The number of para-hydroxylation sites is 2. The summed E-state index contributed by atoms with van der Waals surface area (Å²) in [4.78, 5) is 42.6. The maximum atomic E-state index is 12.2. The summed E-state index contributed by atoms with van der Waals surface area (Å²) in [5.41, 5.74) is -0.0555. The molecule has 0 spiro atoms. The molecule has 0 bridgehead atoms. The van der Waals surface area contributed by atoms with Crippen molar-refractivity contribution >= 4 is 50.9 Å². The number of aromatic nitrogens is 2. The van der Waals surface area contributed by atoms with E-state index < -0.39 is 11.5 Å². The molecule has 0 unspecified atom stereocenters. The van der Waals surface area contributed by atoms with Crippen molar-refractivity contribution in [3.8, 4) is 5.75 Å². The Labute approximate surface area is 161 Å². The van der Waals surface area contributed by atoms with Gasteiger partial charge in [-0.15, -0.1) is 11.3 Å². The molecule has 0 aliphatic rings. The Kier molecular flexibility index (Phi) is 5.77. The van der Waals surface area contributed by atoms with E-state index >= 15 is 0 Å².